The van der Waals surface area contributed by atoms with Crippen molar-refractivity contribution in [2.75, 3.05) is 96.5 Å². The molecule has 5 saturated heterocycles. The molecule has 7 rings (SSSR count). The normalized spacial score (nSPS) is 19.7. The number of anilines is 1. The lowest BCUT2D eigenvalue weighted by Crippen LogP contribution is -2.53. The second kappa shape index (κ2) is 26.9. The van der Waals surface area contributed by atoms with Crippen LogP contribution in [0.3, 0.4) is 0 Å². The molecule has 13 nitrogen and oxygen atoms in total. The monoisotopic (exact) mass is 956 g/mol. The smallest absolute Gasteiger partial charge is 0.272 e. The number of amides is 4. The fraction of sp³-hybridized carbons (Fsp3) is 0.750. The van der Waals surface area contributed by atoms with Crippen LogP contribution in [0.25, 0.3) is 0 Å². The minimum Gasteiger partial charge on any atom is -0.357 e. The average molecular weight is 956 g/mol. The summed E-state index contributed by atoms with van der Waals surface area (Å²) < 4.78 is 0. The van der Waals surface area contributed by atoms with Crippen molar-refractivity contribution in [2.45, 2.75) is 152 Å². The molecule has 7 heterocycles. The van der Waals surface area contributed by atoms with Crippen LogP contribution in [-0.4, -0.2) is 167 Å². The maximum absolute atomic E-state index is 12.9. The summed E-state index contributed by atoms with van der Waals surface area (Å²) in [6.07, 6.45) is 11.7. The molecule has 0 unspecified atom stereocenters. The molecule has 5 aliphatic rings. The predicted octanol–water partition coefficient (Wildman–Crippen LogP) is 8.51. The molecule has 4 amide bonds. The van der Waals surface area contributed by atoms with E-state index in [0.717, 1.165) is 75.1 Å². The Kier molecular flexibility index (Phi) is 21.8. The summed E-state index contributed by atoms with van der Waals surface area (Å²) >= 11 is 0. The molecule has 0 atom stereocenters. The summed E-state index contributed by atoms with van der Waals surface area (Å²) in [5, 5.41) is 0. The van der Waals surface area contributed by atoms with Gasteiger partial charge >= 0.3 is 0 Å². The molecule has 0 N–H and O–H groups in total. The largest absolute Gasteiger partial charge is 0.357 e. The van der Waals surface area contributed by atoms with E-state index < -0.39 is 0 Å². The molecular weight excluding hydrogens is 863 g/mol. The summed E-state index contributed by atoms with van der Waals surface area (Å²) in [5.74, 6) is 5.00. The van der Waals surface area contributed by atoms with E-state index in [1.54, 1.807) is 6.20 Å². The Bertz CT molecular complexity index is 1860. The Balaban J connectivity index is 0.000000197. The lowest BCUT2D eigenvalue weighted by atomic mass is 9.88. The number of hydrogen-bond donors (Lipinski definition) is 0. The number of carbonyl (C=O) groups excluding carboxylic acids is 4. The van der Waals surface area contributed by atoms with Crippen LogP contribution in [0, 0.1) is 29.6 Å². The average Bonchev–Trinajstić information content (AvgIpc) is 3.36. The van der Waals surface area contributed by atoms with Crippen molar-refractivity contribution in [3.8, 4) is 0 Å². The fourth-order valence-electron chi connectivity index (χ4n) is 10.5. The zero-order valence-electron chi connectivity index (χ0n) is 45.2. The van der Waals surface area contributed by atoms with Crippen molar-refractivity contribution >= 4 is 29.4 Å². The minimum atomic E-state index is -0.0346. The molecule has 0 aromatic carbocycles. The van der Waals surface area contributed by atoms with E-state index in [1.807, 2.05) is 51.8 Å². The van der Waals surface area contributed by atoms with Crippen LogP contribution in [0.5, 0.6) is 0 Å². The van der Waals surface area contributed by atoms with Gasteiger partial charge in [0.2, 0.25) is 17.7 Å². The van der Waals surface area contributed by atoms with E-state index in [0.29, 0.717) is 87.9 Å². The van der Waals surface area contributed by atoms with Gasteiger partial charge in [0.25, 0.3) is 5.91 Å². The maximum Gasteiger partial charge on any atom is 0.272 e. The molecule has 0 spiro atoms. The van der Waals surface area contributed by atoms with Gasteiger partial charge in [-0.3, -0.25) is 24.2 Å². The van der Waals surface area contributed by atoms with E-state index in [1.165, 1.54) is 37.9 Å². The van der Waals surface area contributed by atoms with Gasteiger partial charge in [0.05, 0.1) is 0 Å². The fourth-order valence-corrected chi connectivity index (χ4v) is 10.5. The Morgan fingerprint density at radius 3 is 1.28 bits per heavy atom. The molecule has 5 aliphatic heterocycles. The lowest BCUT2D eigenvalue weighted by Gasteiger charge is -2.39. The van der Waals surface area contributed by atoms with Crippen LogP contribution in [-0.2, 0) is 14.4 Å². The number of hydrogen-bond acceptors (Lipinski definition) is 9. The van der Waals surface area contributed by atoms with Gasteiger partial charge in [-0.2, -0.15) is 0 Å². The molecule has 2 aromatic heterocycles. The Labute approximate surface area is 418 Å². The second-order valence-corrected chi connectivity index (χ2v) is 22.5. The number of carbonyl (C=O) groups is 4. The first-order valence-corrected chi connectivity index (χ1v) is 27.1. The first-order valence-electron chi connectivity index (χ1n) is 27.1. The van der Waals surface area contributed by atoms with E-state index in [4.69, 9.17) is 0 Å². The number of rotatable bonds is 11. The van der Waals surface area contributed by atoms with Crippen LogP contribution in [0.15, 0.2) is 36.7 Å². The van der Waals surface area contributed by atoms with Crippen molar-refractivity contribution in [3.63, 3.8) is 0 Å². The predicted molar refractivity (Wildman–Crippen MR) is 280 cm³/mol. The topological polar surface area (TPSA) is 117 Å². The standard InChI is InChI=1S/C22H34N4O2.C17H31N3O2.C17H28N2/c1-16(2)19-5-6-20(23-15-19)22(28)26-13-11-25(12-14-26)21(27)18-7-9-24(10-8-18)17(3)4;1-13(2)16(21)19-9-11-20(12-10-19)17(22)15-5-7-18(8-6-15)14(3)4;1-13(2)11-15-7-9-19(10-8-15)17-6-5-16(12-18-17)14(3)4/h5-6,15-18H,7-14H2,1-4H3;13-15H,5-12H2,1-4H3;5-6,12-15H,7-11H2,1-4H3. The summed E-state index contributed by atoms with van der Waals surface area (Å²) in [7, 11) is 0. The van der Waals surface area contributed by atoms with Gasteiger partial charge in [0.15, 0.2) is 0 Å². The van der Waals surface area contributed by atoms with Crippen LogP contribution < -0.4 is 4.90 Å². The van der Waals surface area contributed by atoms with Crippen molar-refractivity contribution < 1.29 is 19.2 Å². The lowest BCUT2D eigenvalue weighted by molar-refractivity contribution is -0.144. The Hall–Kier alpha value is -4.10. The summed E-state index contributed by atoms with van der Waals surface area (Å²) in [6.45, 7) is 37.6. The van der Waals surface area contributed by atoms with E-state index >= 15 is 0 Å². The number of piperidine rings is 3. The Morgan fingerprint density at radius 1 is 0.493 bits per heavy atom. The number of nitrogens with zero attached hydrogens (tertiary/aromatic N) is 9. The SMILES string of the molecule is CC(C)C(=O)N1CCN(C(=O)C2CCN(C(C)C)CC2)CC1.CC(C)CC1CCN(c2ccc(C(C)C)cn2)CC1.CC(C)c1ccc(C(=O)N2CCN(C(=O)C3CCN(C(C)C)CC3)CC2)nc1. The van der Waals surface area contributed by atoms with Crippen molar-refractivity contribution in [3.05, 3.63) is 53.5 Å². The van der Waals surface area contributed by atoms with Crippen molar-refractivity contribution in [1.29, 1.82) is 0 Å². The van der Waals surface area contributed by atoms with Gasteiger partial charge in [0, 0.05) is 108 Å². The Morgan fingerprint density at radius 2 is 0.913 bits per heavy atom. The zero-order valence-corrected chi connectivity index (χ0v) is 45.2. The van der Waals surface area contributed by atoms with Crippen LogP contribution in [0.4, 0.5) is 5.82 Å². The third-order valence-electron chi connectivity index (χ3n) is 15.3. The molecular formula is C56H93N9O4. The maximum atomic E-state index is 12.9. The highest BCUT2D eigenvalue weighted by Gasteiger charge is 2.34. The molecule has 0 bridgehead atoms. The molecule has 2 aromatic rings. The van der Waals surface area contributed by atoms with Crippen molar-refractivity contribution in [1.82, 2.24) is 39.4 Å². The van der Waals surface area contributed by atoms with Crippen LogP contribution in [0.1, 0.15) is 161 Å². The zero-order chi connectivity index (χ0) is 50.4. The number of pyridine rings is 2. The van der Waals surface area contributed by atoms with Gasteiger partial charge in [-0.15, -0.1) is 0 Å². The minimum absolute atomic E-state index is 0.0346. The molecule has 0 radical (unpaired) electrons. The summed E-state index contributed by atoms with van der Waals surface area (Å²) in [5.41, 5.74) is 2.96. The first kappa shape index (κ1) is 55.8. The third-order valence-corrected chi connectivity index (χ3v) is 15.3. The summed E-state index contributed by atoms with van der Waals surface area (Å²) in [6, 6.07) is 9.34. The number of aromatic nitrogens is 2. The van der Waals surface area contributed by atoms with Crippen molar-refractivity contribution in [2.24, 2.45) is 29.6 Å². The quantitative estimate of drug-likeness (QED) is 0.219. The van der Waals surface area contributed by atoms with E-state index in [2.05, 4.69) is 106 Å². The molecule has 386 valence electrons. The van der Waals surface area contributed by atoms with Gasteiger partial charge in [-0.05, 0) is 146 Å². The van der Waals surface area contributed by atoms with Gasteiger partial charge in [0.1, 0.15) is 11.5 Å². The summed E-state index contributed by atoms with van der Waals surface area (Å²) in [4.78, 5) is 74.2. The van der Waals surface area contributed by atoms with Gasteiger partial charge in [-0.25, -0.2) is 4.98 Å². The highest BCUT2D eigenvalue weighted by Crippen LogP contribution is 2.28. The first-order chi connectivity index (χ1) is 32.8. The van der Waals surface area contributed by atoms with Crippen LogP contribution >= 0.6 is 0 Å². The van der Waals surface area contributed by atoms with Gasteiger partial charge < -0.3 is 34.3 Å². The van der Waals surface area contributed by atoms with Gasteiger partial charge in [-0.1, -0.05) is 67.5 Å². The van der Waals surface area contributed by atoms with E-state index in [-0.39, 0.29) is 35.5 Å². The molecule has 13 heteroatoms. The van der Waals surface area contributed by atoms with E-state index in [9.17, 15) is 19.2 Å². The molecule has 69 heavy (non-hydrogen) atoms. The molecule has 5 fully saturated rings. The third kappa shape index (κ3) is 16.5. The second-order valence-electron chi connectivity index (χ2n) is 22.5. The van der Waals surface area contributed by atoms with Crippen LogP contribution in [0.2, 0.25) is 0 Å². The number of piperazine rings is 2. The molecule has 0 aliphatic carbocycles. The molecule has 0 saturated carbocycles. The highest BCUT2D eigenvalue weighted by atomic mass is 16.2. The highest BCUT2D eigenvalue weighted by molar-refractivity contribution is 5.92. The number of likely N-dealkylation sites (tertiary alicyclic amines) is 2.